The molecule has 0 aromatic carbocycles. The van der Waals surface area contributed by atoms with Gasteiger partial charge < -0.3 is 4.74 Å². The van der Waals surface area contributed by atoms with Crippen molar-refractivity contribution in [1.82, 2.24) is 10.4 Å². The van der Waals surface area contributed by atoms with Gasteiger partial charge in [0.05, 0.1) is 0 Å². The Morgan fingerprint density at radius 1 is 1.55 bits per heavy atom. The Bertz CT molecular complexity index is 239. The van der Waals surface area contributed by atoms with Crippen LogP contribution in [0.25, 0.3) is 0 Å². The molecule has 0 unspecified atom stereocenters. The number of hydrazine groups is 1. The maximum absolute atomic E-state index is 5.02. The van der Waals surface area contributed by atoms with Crippen molar-refractivity contribution in [3.05, 3.63) is 24.5 Å². The molecule has 0 spiro atoms. The van der Waals surface area contributed by atoms with Gasteiger partial charge in [-0.05, 0) is 24.4 Å². The van der Waals surface area contributed by atoms with Crippen LogP contribution in [0.5, 0.6) is 5.75 Å². The molecular formula is C6H7N3OS. The Hall–Kier alpha value is -1.20. The topological polar surface area (TPSA) is 60.2 Å². The summed E-state index contributed by atoms with van der Waals surface area (Å²) >= 11 is 4.66. The number of aromatic nitrogens is 1. The molecular weight excluding hydrogens is 162 g/mol. The monoisotopic (exact) mass is 169 g/mol. The Labute approximate surface area is 69.3 Å². The summed E-state index contributed by atoms with van der Waals surface area (Å²) in [5.41, 5.74) is 2.20. The molecule has 1 aromatic heterocycles. The Morgan fingerprint density at radius 2 is 2.18 bits per heavy atom. The van der Waals surface area contributed by atoms with E-state index in [1.807, 2.05) is 0 Å². The average molecular weight is 169 g/mol. The summed E-state index contributed by atoms with van der Waals surface area (Å²) in [6.45, 7) is 0. The van der Waals surface area contributed by atoms with Crippen LogP contribution in [-0.2, 0) is 0 Å². The van der Waals surface area contributed by atoms with E-state index in [1.165, 1.54) is 0 Å². The van der Waals surface area contributed by atoms with Gasteiger partial charge in [0, 0.05) is 12.4 Å². The number of ether oxygens (including phenoxy) is 1. The zero-order valence-electron chi connectivity index (χ0n) is 5.65. The Morgan fingerprint density at radius 3 is 2.73 bits per heavy atom. The molecule has 0 saturated carbocycles. The fourth-order valence-electron chi connectivity index (χ4n) is 0.543. The van der Waals surface area contributed by atoms with Gasteiger partial charge in [-0.2, -0.15) is 0 Å². The molecule has 0 radical (unpaired) electrons. The van der Waals surface area contributed by atoms with Gasteiger partial charge in [-0.15, -0.1) is 0 Å². The minimum absolute atomic E-state index is 0.135. The van der Waals surface area contributed by atoms with Crippen molar-refractivity contribution in [2.75, 3.05) is 0 Å². The Kier molecular flexibility index (Phi) is 2.76. The van der Waals surface area contributed by atoms with E-state index >= 15 is 0 Å². The van der Waals surface area contributed by atoms with Crippen molar-refractivity contribution in [1.29, 1.82) is 0 Å². The SMILES string of the molecule is NNC(=S)Oc1ccncc1. The minimum Gasteiger partial charge on any atom is -0.431 e. The van der Waals surface area contributed by atoms with Gasteiger partial charge in [0.2, 0.25) is 0 Å². The van der Waals surface area contributed by atoms with Crippen LogP contribution in [-0.4, -0.2) is 10.2 Å². The van der Waals surface area contributed by atoms with Gasteiger partial charge in [-0.1, -0.05) is 0 Å². The largest absolute Gasteiger partial charge is 0.431 e. The second kappa shape index (κ2) is 3.85. The number of pyridine rings is 1. The molecule has 0 aliphatic carbocycles. The molecule has 0 aliphatic heterocycles. The van der Waals surface area contributed by atoms with Crippen LogP contribution in [0, 0.1) is 0 Å². The summed E-state index contributed by atoms with van der Waals surface area (Å²) in [6, 6.07) is 3.37. The molecule has 0 fully saturated rings. The molecule has 0 bridgehead atoms. The lowest BCUT2D eigenvalue weighted by Gasteiger charge is -2.03. The lowest BCUT2D eigenvalue weighted by molar-refractivity contribution is 0.534. The van der Waals surface area contributed by atoms with E-state index < -0.39 is 0 Å². The first-order valence-corrected chi connectivity index (χ1v) is 3.32. The van der Waals surface area contributed by atoms with E-state index in [4.69, 9.17) is 10.6 Å². The van der Waals surface area contributed by atoms with Crippen LogP contribution >= 0.6 is 12.2 Å². The number of nitrogens with two attached hydrogens (primary N) is 1. The molecule has 5 heteroatoms. The maximum atomic E-state index is 5.02. The first-order chi connectivity index (χ1) is 5.33. The average Bonchev–Trinajstić information content (AvgIpc) is 2.06. The summed E-state index contributed by atoms with van der Waals surface area (Å²) in [6.07, 6.45) is 3.21. The number of thiocarbonyl (C=S) groups is 1. The highest BCUT2D eigenvalue weighted by molar-refractivity contribution is 7.80. The molecule has 11 heavy (non-hydrogen) atoms. The van der Waals surface area contributed by atoms with Crippen LogP contribution in [0.3, 0.4) is 0 Å². The molecule has 1 rings (SSSR count). The lowest BCUT2D eigenvalue weighted by Crippen LogP contribution is -2.32. The highest BCUT2D eigenvalue weighted by Crippen LogP contribution is 2.05. The zero-order chi connectivity index (χ0) is 8.10. The first kappa shape index (κ1) is 7.90. The normalized spacial score (nSPS) is 8.82. The summed E-state index contributed by atoms with van der Waals surface area (Å²) < 4.78 is 5.02. The third-order valence-corrected chi connectivity index (χ3v) is 1.18. The van der Waals surface area contributed by atoms with Gasteiger partial charge in [0.1, 0.15) is 5.75 Å². The molecule has 0 aliphatic rings. The van der Waals surface area contributed by atoms with Crippen LogP contribution in [0.2, 0.25) is 0 Å². The second-order valence-corrected chi connectivity index (χ2v) is 2.09. The molecule has 3 N–H and O–H groups in total. The van der Waals surface area contributed by atoms with E-state index in [1.54, 1.807) is 24.5 Å². The van der Waals surface area contributed by atoms with Crippen molar-refractivity contribution in [3.63, 3.8) is 0 Å². The fourth-order valence-corrected chi connectivity index (χ4v) is 0.639. The highest BCUT2D eigenvalue weighted by Gasteiger charge is 1.94. The molecule has 58 valence electrons. The number of rotatable bonds is 1. The van der Waals surface area contributed by atoms with Crippen LogP contribution in [0.4, 0.5) is 0 Å². The van der Waals surface area contributed by atoms with Crippen molar-refractivity contribution >= 4 is 17.4 Å². The smallest absolute Gasteiger partial charge is 0.276 e. The molecule has 1 heterocycles. The predicted molar refractivity (Wildman–Crippen MR) is 44.8 cm³/mol. The van der Waals surface area contributed by atoms with Crippen molar-refractivity contribution in [3.8, 4) is 5.75 Å². The molecule has 4 nitrogen and oxygen atoms in total. The van der Waals surface area contributed by atoms with Crippen molar-refractivity contribution in [2.24, 2.45) is 5.84 Å². The van der Waals surface area contributed by atoms with E-state index in [0.29, 0.717) is 5.75 Å². The third kappa shape index (κ3) is 2.48. The highest BCUT2D eigenvalue weighted by atomic mass is 32.1. The Balaban J connectivity index is 2.58. The number of hydrogen-bond acceptors (Lipinski definition) is 4. The van der Waals surface area contributed by atoms with E-state index in [-0.39, 0.29) is 5.17 Å². The van der Waals surface area contributed by atoms with Crippen LogP contribution in [0.1, 0.15) is 0 Å². The summed E-state index contributed by atoms with van der Waals surface area (Å²) in [4.78, 5) is 3.80. The molecule has 0 saturated heterocycles. The molecule has 1 aromatic rings. The molecule has 0 atom stereocenters. The maximum Gasteiger partial charge on any atom is 0.276 e. The van der Waals surface area contributed by atoms with Gasteiger partial charge in [-0.3, -0.25) is 10.4 Å². The molecule has 0 amide bonds. The standard InChI is InChI=1S/C6H7N3OS/c7-9-6(11)10-5-1-3-8-4-2-5/h1-4H,7H2,(H,9,11). The van der Waals surface area contributed by atoms with E-state index in [2.05, 4.69) is 22.6 Å². The summed E-state index contributed by atoms with van der Waals surface area (Å²) in [5.74, 6) is 5.60. The zero-order valence-corrected chi connectivity index (χ0v) is 6.47. The van der Waals surface area contributed by atoms with Crippen LogP contribution < -0.4 is 16.0 Å². The lowest BCUT2D eigenvalue weighted by atomic mass is 10.5. The van der Waals surface area contributed by atoms with Crippen molar-refractivity contribution < 1.29 is 4.74 Å². The van der Waals surface area contributed by atoms with E-state index in [9.17, 15) is 0 Å². The van der Waals surface area contributed by atoms with E-state index in [0.717, 1.165) is 0 Å². The van der Waals surface area contributed by atoms with Crippen LogP contribution in [0.15, 0.2) is 24.5 Å². The van der Waals surface area contributed by atoms with Gasteiger partial charge in [0.15, 0.2) is 0 Å². The second-order valence-electron chi connectivity index (χ2n) is 1.72. The third-order valence-electron chi connectivity index (χ3n) is 0.978. The number of nitrogens with one attached hydrogen (secondary N) is 1. The van der Waals surface area contributed by atoms with Gasteiger partial charge in [0.25, 0.3) is 5.17 Å². The number of hydrogen-bond donors (Lipinski definition) is 2. The predicted octanol–water partition coefficient (Wildman–Crippen LogP) is 0.209. The summed E-state index contributed by atoms with van der Waals surface area (Å²) in [5, 5.41) is 0.135. The van der Waals surface area contributed by atoms with Gasteiger partial charge in [-0.25, -0.2) is 5.84 Å². The first-order valence-electron chi connectivity index (χ1n) is 2.91. The minimum atomic E-state index is 0.135. The number of nitrogens with zero attached hydrogens (tertiary/aromatic N) is 1. The fraction of sp³-hybridized carbons (Fsp3) is 0. The van der Waals surface area contributed by atoms with Gasteiger partial charge >= 0.3 is 0 Å². The van der Waals surface area contributed by atoms with Crippen molar-refractivity contribution in [2.45, 2.75) is 0 Å². The quantitative estimate of drug-likeness (QED) is 0.357. The summed E-state index contributed by atoms with van der Waals surface area (Å²) in [7, 11) is 0.